The average molecular weight is 265 g/mol. The minimum atomic E-state index is -0.350. The molecular formula is C11H15N5O3. The molecule has 0 aliphatic carbocycles. The smallest absolute Gasteiger partial charge is 0.325 e. The molecule has 2 heterocycles. The summed E-state index contributed by atoms with van der Waals surface area (Å²) < 4.78 is 11.5. The molecule has 0 aliphatic heterocycles. The van der Waals surface area contributed by atoms with Crippen LogP contribution in [0.2, 0.25) is 0 Å². The van der Waals surface area contributed by atoms with E-state index in [0.29, 0.717) is 23.0 Å². The highest BCUT2D eigenvalue weighted by atomic mass is 16.5. The lowest BCUT2D eigenvalue weighted by Gasteiger charge is -2.16. The topological polar surface area (TPSA) is 82.4 Å². The van der Waals surface area contributed by atoms with Crippen LogP contribution in [0.25, 0.3) is 11.2 Å². The number of methoxy groups -OCH3 is 2. The van der Waals surface area contributed by atoms with E-state index in [1.807, 2.05) is 0 Å². The Morgan fingerprint density at radius 3 is 2.79 bits per heavy atom. The minimum absolute atomic E-state index is 0.0848. The Bertz CT molecular complexity index is 610. The molecule has 8 heteroatoms. The van der Waals surface area contributed by atoms with Crippen molar-refractivity contribution >= 4 is 23.0 Å². The fourth-order valence-electron chi connectivity index (χ4n) is 1.76. The molecule has 8 nitrogen and oxygen atoms in total. The van der Waals surface area contributed by atoms with Crippen LogP contribution in [0.15, 0.2) is 6.33 Å². The van der Waals surface area contributed by atoms with E-state index < -0.39 is 0 Å². The number of carbonyl (C=O) groups excluding carboxylic acids is 1. The molecule has 0 atom stereocenters. The third-order valence-corrected chi connectivity index (χ3v) is 2.73. The number of aryl methyl sites for hydroxylation is 1. The Morgan fingerprint density at radius 1 is 1.42 bits per heavy atom. The largest absolute Gasteiger partial charge is 0.468 e. The molecule has 2 rings (SSSR count). The first-order chi connectivity index (χ1) is 9.08. The lowest BCUT2D eigenvalue weighted by atomic mass is 10.4. The molecule has 0 saturated carbocycles. The number of hydrogen-bond donors (Lipinski definition) is 0. The maximum atomic E-state index is 11.3. The van der Waals surface area contributed by atoms with Crippen LogP contribution < -0.4 is 9.64 Å². The van der Waals surface area contributed by atoms with Gasteiger partial charge in [-0.1, -0.05) is 0 Å². The van der Waals surface area contributed by atoms with Gasteiger partial charge in [-0.25, -0.2) is 9.97 Å². The van der Waals surface area contributed by atoms with Crippen LogP contribution in [0.5, 0.6) is 6.01 Å². The lowest BCUT2D eigenvalue weighted by molar-refractivity contribution is -0.138. The van der Waals surface area contributed by atoms with Gasteiger partial charge in [0.05, 0.1) is 14.2 Å². The van der Waals surface area contributed by atoms with Crippen molar-refractivity contribution in [3.8, 4) is 6.01 Å². The van der Waals surface area contributed by atoms with E-state index in [1.54, 1.807) is 23.6 Å². The van der Waals surface area contributed by atoms with Crippen LogP contribution in [0.1, 0.15) is 0 Å². The summed E-state index contributed by atoms with van der Waals surface area (Å²) in [6, 6.07) is 0.434. The Morgan fingerprint density at radius 2 is 2.16 bits per heavy atom. The number of esters is 1. The Balaban J connectivity index is 2.46. The van der Waals surface area contributed by atoms with E-state index in [-0.39, 0.29) is 12.5 Å². The number of ether oxygens (including phenoxy) is 2. The number of fused-ring (bicyclic) bond motifs is 1. The number of hydrogen-bond acceptors (Lipinski definition) is 7. The number of nitrogens with zero attached hydrogens (tertiary/aromatic N) is 5. The summed E-state index contributed by atoms with van der Waals surface area (Å²) in [5.41, 5.74) is 1.21. The van der Waals surface area contributed by atoms with Crippen molar-refractivity contribution in [2.24, 2.45) is 7.05 Å². The van der Waals surface area contributed by atoms with Gasteiger partial charge in [0.1, 0.15) is 12.9 Å². The maximum absolute atomic E-state index is 11.3. The van der Waals surface area contributed by atoms with Crippen LogP contribution in [0.3, 0.4) is 0 Å². The molecule has 0 bridgehead atoms. The molecule has 0 aromatic carbocycles. The summed E-state index contributed by atoms with van der Waals surface area (Å²) in [4.78, 5) is 25.6. The van der Waals surface area contributed by atoms with Crippen molar-refractivity contribution < 1.29 is 14.3 Å². The third kappa shape index (κ3) is 2.28. The van der Waals surface area contributed by atoms with Crippen LogP contribution in [0.4, 0.5) is 5.82 Å². The fourth-order valence-corrected chi connectivity index (χ4v) is 1.76. The predicted molar refractivity (Wildman–Crippen MR) is 68.1 cm³/mol. The normalized spacial score (nSPS) is 10.5. The minimum Gasteiger partial charge on any atom is -0.468 e. The molecule has 0 spiro atoms. The third-order valence-electron chi connectivity index (χ3n) is 2.73. The highest BCUT2D eigenvalue weighted by Crippen LogP contribution is 2.24. The Labute approximate surface area is 110 Å². The van der Waals surface area contributed by atoms with Crippen molar-refractivity contribution in [2.45, 2.75) is 0 Å². The molecule has 19 heavy (non-hydrogen) atoms. The van der Waals surface area contributed by atoms with E-state index in [1.165, 1.54) is 20.5 Å². The monoisotopic (exact) mass is 265 g/mol. The first kappa shape index (κ1) is 13.1. The van der Waals surface area contributed by atoms with Gasteiger partial charge < -0.3 is 14.4 Å². The second kappa shape index (κ2) is 5.09. The van der Waals surface area contributed by atoms with Gasteiger partial charge in [-0.3, -0.25) is 9.36 Å². The van der Waals surface area contributed by atoms with E-state index in [0.717, 1.165) is 0 Å². The zero-order valence-corrected chi connectivity index (χ0v) is 11.2. The number of carbonyl (C=O) groups is 1. The Kier molecular flexibility index (Phi) is 3.50. The standard InChI is InChI=1S/C11H15N5O3/c1-15(5-7(17)18-3)9-8-10(13-6-12-9)16(2)11(14-8)19-4/h6H,5H2,1-4H3. The molecule has 102 valence electrons. The molecule has 0 unspecified atom stereocenters. The molecule has 2 aromatic heterocycles. The number of aromatic nitrogens is 4. The SMILES string of the molecule is COC(=O)CN(C)c1ncnc2c1nc(OC)n2C. The molecule has 0 radical (unpaired) electrons. The van der Waals surface area contributed by atoms with E-state index in [9.17, 15) is 4.79 Å². The summed E-state index contributed by atoms with van der Waals surface area (Å²) in [5, 5.41) is 0. The van der Waals surface area contributed by atoms with Gasteiger partial charge in [-0.2, -0.15) is 4.98 Å². The van der Waals surface area contributed by atoms with Gasteiger partial charge in [-0.15, -0.1) is 0 Å². The highest BCUT2D eigenvalue weighted by Gasteiger charge is 2.18. The van der Waals surface area contributed by atoms with Gasteiger partial charge in [0.2, 0.25) is 0 Å². The summed E-state index contributed by atoms with van der Waals surface area (Å²) >= 11 is 0. The number of anilines is 1. The highest BCUT2D eigenvalue weighted by molar-refractivity contribution is 5.86. The second-order valence-corrected chi connectivity index (χ2v) is 3.96. The van der Waals surface area contributed by atoms with Crippen molar-refractivity contribution in [2.75, 3.05) is 32.7 Å². The number of likely N-dealkylation sites (N-methyl/N-ethyl adjacent to an activating group) is 1. The zero-order valence-electron chi connectivity index (χ0n) is 11.2. The number of imidazole rings is 1. The van der Waals surface area contributed by atoms with Crippen molar-refractivity contribution in [3.05, 3.63) is 6.33 Å². The van der Waals surface area contributed by atoms with Gasteiger partial charge in [-0.05, 0) is 0 Å². The lowest BCUT2D eigenvalue weighted by Crippen LogP contribution is -2.27. The summed E-state index contributed by atoms with van der Waals surface area (Å²) in [6.45, 7) is 0.0848. The van der Waals surface area contributed by atoms with Gasteiger partial charge in [0.15, 0.2) is 17.0 Å². The van der Waals surface area contributed by atoms with Gasteiger partial charge >= 0.3 is 5.97 Å². The molecule has 0 fully saturated rings. The zero-order chi connectivity index (χ0) is 14.0. The Hall–Kier alpha value is -2.38. The first-order valence-electron chi connectivity index (χ1n) is 5.57. The van der Waals surface area contributed by atoms with Crippen LogP contribution in [-0.4, -0.2) is 53.3 Å². The molecule has 2 aromatic rings. The first-order valence-corrected chi connectivity index (χ1v) is 5.57. The summed E-state index contributed by atoms with van der Waals surface area (Å²) in [7, 11) is 6.41. The van der Waals surface area contributed by atoms with Crippen molar-refractivity contribution in [1.29, 1.82) is 0 Å². The van der Waals surface area contributed by atoms with E-state index in [4.69, 9.17) is 4.74 Å². The molecule has 0 amide bonds. The molecule has 0 saturated heterocycles. The molecule has 0 aliphatic rings. The van der Waals surface area contributed by atoms with Gasteiger partial charge in [0.25, 0.3) is 6.01 Å². The maximum Gasteiger partial charge on any atom is 0.325 e. The van der Waals surface area contributed by atoms with Gasteiger partial charge in [0, 0.05) is 14.1 Å². The molecular weight excluding hydrogens is 250 g/mol. The predicted octanol–water partition coefficient (Wildman–Crippen LogP) is -0.0189. The van der Waals surface area contributed by atoms with Crippen LogP contribution in [0, 0.1) is 0 Å². The van der Waals surface area contributed by atoms with Crippen molar-refractivity contribution in [3.63, 3.8) is 0 Å². The summed E-state index contributed by atoms with van der Waals surface area (Å²) in [5.74, 6) is 0.200. The average Bonchev–Trinajstić information content (AvgIpc) is 2.75. The van der Waals surface area contributed by atoms with E-state index in [2.05, 4.69) is 19.7 Å². The second-order valence-electron chi connectivity index (χ2n) is 3.96. The van der Waals surface area contributed by atoms with Crippen LogP contribution in [-0.2, 0) is 16.6 Å². The van der Waals surface area contributed by atoms with Crippen molar-refractivity contribution in [1.82, 2.24) is 19.5 Å². The fraction of sp³-hybridized carbons (Fsp3) is 0.455. The molecule has 0 N–H and O–H groups in total. The van der Waals surface area contributed by atoms with Crippen LogP contribution >= 0.6 is 0 Å². The van der Waals surface area contributed by atoms with E-state index >= 15 is 0 Å². The number of rotatable bonds is 4. The quantitative estimate of drug-likeness (QED) is 0.718. The summed E-state index contributed by atoms with van der Waals surface area (Å²) in [6.07, 6.45) is 1.42.